The molecule has 4 fully saturated rings. The number of fused-ring (bicyclic) bond motifs is 5. The molecule has 0 bridgehead atoms. The molecule has 1 aromatic rings. The number of esters is 1. The Kier molecular flexibility index (Phi) is 6.40. The number of piperidine rings is 1. The van der Waals surface area contributed by atoms with Gasteiger partial charge in [0.15, 0.2) is 11.5 Å². The predicted octanol–water partition coefficient (Wildman–Crippen LogP) is 5.10. The fourth-order valence-corrected chi connectivity index (χ4v) is 8.84. The predicted molar refractivity (Wildman–Crippen MR) is 135 cm³/mol. The van der Waals surface area contributed by atoms with Gasteiger partial charge in [0.05, 0.1) is 27.2 Å². The second-order valence-electron chi connectivity index (χ2n) is 11.9. The second kappa shape index (κ2) is 9.14. The van der Waals surface area contributed by atoms with Gasteiger partial charge in [0.1, 0.15) is 5.75 Å². The van der Waals surface area contributed by atoms with E-state index in [1.807, 2.05) is 11.9 Å². The lowest BCUT2D eigenvalue weighted by Gasteiger charge is -2.61. The minimum atomic E-state index is -0.157. The first kappa shape index (κ1) is 25.2. The molecule has 1 heterocycles. The number of hydrogen-bond acceptors (Lipinski definition) is 6. The number of carbonyl (C=O) groups is 2. The largest absolute Gasteiger partial charge is 0.493 e. The van der Waals surface area contributed by atoms with Crippen molar-refractivity contribution in [1.29, 1.82) is 0 Å². The van der Waals surface area contributed by atoms with Crippen molar-refractivity contribution in [2.24, 2.45) is 34.5 Å². The van der Waals surface area contributed by atoms with E-state index in [1.165, 1.54) is 0 Å². The van der Waals surface area contributed by atoms with Crippen LogP contribution in [0, 0.1) is 34.5 Å². The Morgan fingerprint density at radius 3 is 2.19 bits per heavy atom. The van der Waals surface area contributed by atoms with Gasteiger partial charge in [0.25, 0.3) is 0 Å². The molecule has 7 atom stereocenters. The molecule has 5 rings (SSSR count). The van der Waals surface area contributed by atoms with Crippen molar-refractivity contribution in [2.75, 3.05) is 28.4 Å². The number of nitrogens with zero attached hydrogens (tertiary/aromatic N) is 1. The van der Waals surface area contributed by atoms with Gasteiger partial charge in [-0.3, -0.25) is 9.59 Å². The standard InChI is InChI=1S/C29H41NO6/c1-28-13-11-20-18(7-10-24-29(20,2)14-12-25(31)30(24)3)19(28)8-9-21(28)27(32)36-17-15-22(33-4)26(35-6)23(16-17)34-5/h15-16,18-21,24H,7-14H2,1-6H3/t18-,19-,20-,21+,24+,28-,29+/m0/s1. The van der Waals surface area contributed by atoms with Crippen molar-refractivity contribution in [3.05, 3.63) is 12.1 Å². The van der Waals surface area contributed by atoms with Crippen molar-refractivity contribution < 1.29 is 28.5 Å². The van der Waals surface area contributed by atoms with Gasteiger partial charge in [0, 0.05) is 31.6 Å². The maximum absolute atomic E-state index is 13.6. The fourth-order valence-electron chi connectivity index (χ4n) is 8.84. The summed E-state index contributed by atoms with van der Waals surface area (Å²) in [5.74, 6) is 3.61. The van der Waals surface area contributed by atoms with E-state index in [-0.39, 0.29) is 22.7 Å². The Balaban J connectivity index is 1.35. The topological polar surface area (TPSA) is 74.3 Å². The summed E-state index contributed by atoms with van der Waals surface area (Å²) in [6.45, 7) is 4.76. The molecule has 198 valence electrons. The average molecular weight is 500 g/mol. The molecule has 7 heteroatoms. The van der Waals surface area contributed by atoms with Gasteiger partial charge >= 0.3 is 5.97 Å². The monoisotopic (exact) mass is 499 g/mol. The van der Waals surface area contributed by atoms with Crippen molar-refractivity contribution >= 4 is 11.9 Å². The van der Waals surface area contributed by atoms with Gasteiger partial charge < -0.3 is 23.8 Å². The van der Waals surface area contributed by atoms with Crippen LogP contribution in [-0.4, -0.2) is 51.2 Å². The molecule has 0 radical (unpaired) electrons. The first-order chi connectivity index (χ1) is 17.2. The smallest absolute Gasteiger partial charge is 0.314 e. The number of hydrogen-bond donors (Lipinski definition) is 0. The number of benzene rings is 1. The van der Waals surface area contributed by atoms with Crippen molar-refractivity contribution in [3.8, 4) is 23.0 Å². The molecule has 3 saturated carbocycles. The average Bonchev–Trinajstić information content (AvgIpc) is 3.23. The van der Waals surface area contributed by atoms with E-state index in [1.54, 1.807) is 33.5 Å². The van der Waals surface area contributed by atoms with Crippen LogP contribution in [-0.2, 0) is 9.59 Å². The van der Waals surface area contributed by atoms with Crippen LogP contribution in [0.5, 0.6) is 23.0 Å². The summed E-state index contributed by atoms with van der Waals surface area (Å²) in [4.78, 5) is 28.0. The highest BCUT2D eigenvalue weighted by Gasteiger charge is 2.62. The molecule has 7 nitrogen and oxygen atoms in total. The van der Waals surface area contributed by atoms with Gasteiger partial charge in [0.2, 0.25) is 11.7 Å². The van der Waals surface area contributed by atoms with E-state index >= 15 is 0 Å². The number of rotatable bonds is 5. The number of methoxy groups -OCH3 is 3. The van der Waals surface area contributed by atoms with E-state index in [2.05, 4.69) is 13.8 Å². The molecular weight excluding hydrogens is 458 g/mol. The lowest BCUT2D eigenvalue weighted by Crippen LogP contribution is -2.61. The normalized spacial score (nSPS) is 37.4. The maximum atomic E-state index is 13.6. The van der Waals surface area contributed by atoms with Crippen LogP contribution in [0.25, 0.3) is 0 Å². The zero-order valence-corrected chi connectivity index (χ0v) is 22.6. The minimum absolute atomic E-state index is 0.0571. The third kappa shape index (κ3) is 3.67. The molecule has 1 amide bonds. The molecule has 36 heavy (non-hydrogen) atoms. The van der Waals surface area contributed by atoms with Crippen LogP contribution in [0.1, 0.15) is 65.2 Å². The van der Waals surface area contributed by atoms with E-state index in [9.17, 15) is 9.59 Å². The number of amides is 1. The van der Waals surface area contributed by atoms with Crippen LogP contribution >= 0.6 is 0 Å². The third-order valence-electron chi connectivity index (χ3n) is 10.7. The molecule has 4 aliphatic rings. The molecule has 1 aromatic carbocycles. The number of likely N-dealkylation sites (tertiary alicyclic amines) is 1. The second-order valence-corrected chi connectivity index (χ2v) is 11.9. The van der Waals surface area contributed by atoms with E-state index in [4.69, 9.17) is 18.9 Å². The lowest BCUT2D eigenvalue weighted by atomic mass is 9.47. The van der Waals surface area contributed by atoms with Gasteiger partial charge in [-0.25, -0.2) is 0 Å². The maximum Gasteiger partial charge on any atom is 0.314 e. The highest BCUT2D eigenvalue weighted by Crippen LogP contribution is 2.66. The minimum Gasteiger partial charge on any atom is -0.493 e. The fraction of sp³-hybridized carbons (Fsp3) is 0.724. The summed E-state index contributed by atoms with van der Waals surface area (Å²) >= 11 is 0. The van der Waals surface area contributed by atoms with Crippen LogP contribution < -0.4 is 18.9 Å². The van der Waals surface area contributed by atoms with E-state index < -0.39 is 0 Å². The Morgan fingerprint density at radius 2 is 1.56 bits per heavy atom. The van der Waals surface area contributed by atoms with Crippen molar-refractivity contribution in [2.45, 2.75) is 71.3 Å². The summed E-state index contributed by atoms with van der Waals surface area (Å²) in [6, 6.07) is 3.73. The Hall–Kier alpha value is -2.44. The van der Waals surface area contributed by atoms with Crippen molar-refractivity contribution in [3.63, 3.8) is 0 Å². The Labute approximate surface area is 214 Å². The molecule has 0 aromatic heterocycles. The van der Waals surface area contributed by atoms with Gasteiger partial charge in [-0.15, -0.1) is 0 Å². The van der Waals surface area contributed by atoms with Crippen LogP contribution in [0.3, 0.4) is 0 Å². The zero-order chi connectivity index (χ0) is 25.8. The Bertz CT molecular complexity index is 1020. The molecule has 0 spiro atoms. The summed E-state index contributed by atoms with van der Waals surface area (Å²) in [5.41, 5.74) is 0.125. The highest BCUT2D eigenvalue weighted by atomic mass is 16.5. The molecule has 3 aliphatic carbocycles. The highest BCUT2D eigenvalue weighted by molar-refractivity contribution is 5.78. The third-order valence-corrected chi connectivity index (χ3v) is 10.7. The van der Waals surface area contributed by atoms with Crippen molar-refractivity contribution in [1.82, 2.24) is 4.90 Å². The van der Waals surface area contributed by atoms with E-state index in [0.717, 1.165) is 44.9 Å². The summed E-state index contributed by atoms with van der Waals surface area (Å²) in [5, 5.41) is 0. The first-order valence-electron chi connectivity index (χ1n) is 13.4. The molecular formula is C29H41NO6. The van der Waals surface area contributed by atoms with E-state index in [0.29, 0.717) is 59.1 Å². The summed E-state index contributed by atoms with van der Waals surface area (Å²) < 4.78 is 22.2. The van der Waals surface area contributed by atoms with Gasteiger partial charge in [-0.2, -0.15) is 0 Å². The molecule has 1 aliphatic heterocycles. The number of carbonyl (C=O) groups excluding carboxylic acids is 2. The molecule has 0 N–H and O–H groups in total. The number of ether oxygens (including phenoxy) is 4. The molecule has 1 saturated heterocycles. The zero-order valence-electron chi connectivity index (χ0n) is 22.6. The quantitative estimate of drug-likeness (QED) is 0.415. The van der Waals surface area contributed by atoms with Crippen LogP contribution in [0.2, 0.25) is 0 Å². The van der Waals surface area contributed by atoms with Gasteiger partial charge in [-0.1, -0.05) is 13.8 Å². The van der Waals surface area contributed by atoms with Gasteiger partial charge in [-0.05, 0) is 73.5 Å². The first-order valence-corrected chi connectivity index (χ1v) is 13.4. The van der Waals surface area contributed by atoms with Crippen LogP contribution in [0.4, 0.5) is 0 Å². The molecule has 0 unspecified atom stereocenters. The summed E-state index contributed by atoms with van der Waals surface area (Å²) in [6.07, 6.45) is 7.99. The SMILES string of the molecule is COc1cc(OC(=O)[C@H]2CC[C@H]3[C@@H]4CC[C@H]5N(C)C(=O)CC[C@]5(C)[C@H]4CC[C@]23C)cc(OC)c1OC. The summed E-state index contributed by atoms with van der Waals surface area (Å²) in [7, 11) is 6.67. The van der Waals surface area contributed by atoms with Crippen LogP contribution in [0.15, 0.2) is 12.1 Å². The Morgan fingerprint density at radius 1 is 0.889 bits per heavy atom. The lowest BCUT2D eigenvalue weighted by molar-refractivity contribution is -0.162.